The lowest BCUT2D eigenvalue weighted by atomic mass is 10.2. The number of aromatic nitrogens is 2. The molecule has 0 bridgehead atoms. The number of amides is 1. The van der Waals surface area contributed by atoms with Gasteiger partial charge in [-0.05, 0) is 25.1 Å². The zero-order valence-electron chi connectivity index (χ0n) is 16.5. The molecule has 0 spiro atoms. The van der Waals surface area contributed by atoms with Crippen LogP contribution in [0.2, 0.25) is 0 Å². The zero-order chi connectivity index (χ0) is 19.3. The van der Waals surface area contributed by atoms with Crippen molar-refractivity contribution in [2.75, 3.05) is 68.7 Å². The molecule has 2 fully saturated rings. The first-order chi connectivity index (χ1) is 13.7. The van der Waals surface area contributed by atoms with E-state index >= 15 is 0 Å². The van der Waals surface area contributed by atoms with Gasteiger partial charge in [-0.15, -0.1) is 0 Å². The number of aryl methyl sites for hydroxylation is 1. The summed E-state index contributed by atoms with van der Waals surface area (Å²) in [5.74, 6) is 1.04. The van der Waals surface area contributed by atoms with Crippen molar-refractivity contribution in [3.8, 4) is 0 Å². The SMILES string of the molecule is Cc1ccnc(N2CCN(CC(=O)N3CCN(c4ccccc4)CC3)CC2)n1. The lowest BCUT2D eigenvalue weighted by Gasteiger charge is -2.38. The van der Waals surface area contributed by atoms with Crippen molar-refractivity contribution in [3.63, 3.8) is 0 Å². The molecular formula is C21H28N6O. The highest BCUT2D eigenvalue weighted by molar-refractivity contribution is 5.78. The van der Waals surface area contributed by atoms with Crippen LogP contribution in [-0.4, -0.2) is 84.6 Å². The lowest BCUT2D eigenvalue weighted by Crippen LogP contribution is -2.54. The quantitative estimate of drug-likeness (QED) is 0.796. The van der Waals surface area contributed by atoms with Gasteiger partial charge in [0, 0.05) is 69.9 Å². The number of carbonyl (C=O) groups is 1. The Morgan fingerprint density at radius 3 is 2.25 bits per heavy atom. The van der Waals surface area contributed by atoms with Crippen LogP contribution < -0.4 is 9.80 Å². The first-order valence-electron chi connectivity index (χ1n) is 10.0. The van der Waals surface area contributed by atoms with Gasteiger partial charge in [-0.25, -0.2) is 9.97 Å². The van der Waals surface area contributed by atoms with Gasteiger partial charge >= 0.3 is 0 Å². The minimum absolute atomic E-state index is 0.243. The highest BCUT2D eigenvalue weighted by Crippen LogP contribution is 2.16. The van der Waals surface area contributed by atoms with Crippen molar-refractivity contribution in [2.45, 2.75) is 6.92 Å². The van der Waals surface area contributed by atoms with Gasteiger partial charge in [-0.2, -0.15) is 0 Å². The number of carbonyl (C=O) groups excluding carboxylic acids is 1. The highest BCUT2D eigenvalue weighted by Gasteiger charge is 2.25. The van der Waals surface area contributed by atoms with E-state index in [0.29, 0.717) is 6.54 Å². The predicted molar refractivity (Wildman–Crippen MR) is 111 cm³/mol. The molecule has 7 nitrogen and oxygen atoms in total. The fourth-order valence-corrected chi connectivity index (χ4v) is 3.84. The van der Waals surface area contributed by atoms with E-state index in [1.807, 2.05) is 30.2 Å². The molecule has 28 heavy (non-hydrogen) atoms. The van der Waals surface area contributed by atoms with E-state index < -0.39 is 0 Å². The second-order valence-electron chi connectivity index (χ2n) is 7.46. The van der Waals surface area contributed by atoms with Gasteiger partial charge in [0.15, 0.2) is 0 Å². The molecule has 1 amide bonds. The van der Waals surface area contributed by atoms with Crippen LogP contribution in [0.15, 0.2) is 42.6 Å². The van der Waals surface area contributed by atoms with Gasteiger partial charge in [0.25, 0.3) is 0 Å². The third-order valence-electron chi connectivity index (χ3n) is 5.55. The van der Waals surface area contributed by atoms with Gasteiger partial charge in [0.1, 0.15) is 0 Å². The third-order valence-corrected chi connectivity index (χ3v) is 5.55. The monoisotopic (exact) mass is 380 g/mol. The third kappa shape index (κ3) is 4.42. The molecule has 2 aromatic rings. The standard InChI is InChI=1S/C21H28N6O/c1-18-7-8-22-21(23-18)27-11-9-24(10-12-27)17-20(28)26-15-13-25(14-16-26)19-5-3-2-4-6-19/h2-8H,9-17H2,1H3. The van der Waals surface area contributed by atoms with Crippen molar-refractivity contribution in [3.05, 3.63) is 48.3 Å². The summed E-state index contributed by atoms with van der Waals surface area (Å²) in [6, 6.07) is 12.3. The topological polar surface area (TPSA) is 55.8 Å². The Morgan fingerprint density at radius 2 is 1.57 bits per heavy atom. The highest BCUT2D eigenvalue weighted by atomic mass is 16.2. The molecule has 2 aliphatic heterocycles. The molecule has 1 aromatic heterocycles. The maximum atomic E-state index is 12.7. The Kier molecular flexibility index (Phi) is 5.71. The number of hydrogen-bond acceptors (Lipinski definition) is 6. The number of nitrogens with zero attached hydrogens (tertiary/aromatic N) is 6. The van der Waals surface area contributed by atoms with Crippen LogP contribution >= 0.6 is 0 Å². The fourth-order valence-electron chi connectivity index (χ4n) is 3.84. The maximum absolute atomic E-state index is 12.7. The van der Waals surface area contributed by atoms with Gasteiger partial charge in [-0.1, -0.05) is 18.2 Å². The summed E-state index contributed by atoms with van der Waals surface area (Å²) < 4.78 is 0. The Hall–Kier alpha value is -2.67. The molecule has 148 valence electrons. The van der Waals surface area contributed by atoms with Gasteiger partial charge in [0.2, 0.25) is 11.9 Å². The zero-order valence-corrected chi connectivity index (χ0v) is 16.5. The molecule has 0 saturated carbocycles. The molecule has 7 heteroatoms. The van der Waals surface area contributed by atoms with Gasteiger partial charge < -0.3 is 14.7 Å². The average molecular weight is 380 g/mol. The summed E-state index contributed by atoms with van der Waals surface area (Å²) in [5, 5.41) is 0. The Bertz CT molecular complexity index is 782. The number of benzene rings is 1. The molecule has 4 rings (SSSR count). The van der Waals surface area contributed by atoms with E-state index in [0.717, 1.165) is 64.0 Å². The van der Waals surface area contributed by atoms with Crippen molar-refractivity contribution >= 4 is 17.5 Å². The van der Waals surface area contributed by atoms with Crippen molar-refractivity contribution in [2.24, 2.45) is 0 Å². The second kappa shape index (κ2) is 8.56. The van der Waals surface area contributed by atoms with E-state index in [2.05, 4.69) is 48.9 Å². The first-order valence-corrected chi connectivity index (χ1v) is 10.0. The van der Waals surface area contributed by atoms with Crippen LogP contribution in [-0.2, 0) is 4.79 Å². The largest absolute Gasteiger partial charge is 0.368 e. The van der Waals surface area contributed by atoms with Crippen LogP contribution in [0.1, 0.15) is 5.69 Å². The van der Waals surface area contributed by atoms with E-state index in [1.54, 1.807) is 0 Å². The molecule has 2 aliphatic rings. The number of hydrogen-bond donors (Lipinski definition) is 0. The average Bonchev–Trinajstić information content (AvgIpc) is 2.75. The summed E-state index contributed by atoms with van der Waals surface area (Å²) in [7, 11) is 0. The second-order valence-corrected chi connectivity index (χ2v) is 7.46. The minimum atomic E-state index is 0.243. The number of rotatable bonds is 4. The molecule has 3 heterocycles. The Labute approximate surface area is 166 Å². The van der Waals surface area contributed by atoms with Gasteiger partial charge in [0.05, 0.1) is 6.54 Å². The summed E-state index contributed by atoms with van der Waals surface area (Å²) in [6.45, 7) is 9.33. The van der Waals surface area contributed by atoms with E-state index in [4.69, 9.17) is 0 Å². The normalized spacial score (nSPS) is 18.4. The summed E-state index contributed by atoms with van der Waals surface area (Å²) in [6.07, 6.45) is 1.81. The molecule has 0 radical (unpaired) electrons. The number of anilines is 2. The van der Waals surface area contributed by atoms with E-state index in [9.17, 15) is 4.79 Å². The van der Waals surface area contributed by atoms with Gasteiger partial charge in [-0.3, -0.25) is 9.69 Å². The van der Waals surface area contributed by atoms with Crippen LogP contribution in [0.4, 0.5) is 11.6 Å². The number of piperazine rings is 2. The molecule has 2 saturated heterocycles. The lowest BCUT2D eigenvalue weighted by molar-refractivity contribution is -0.132. The maximum Gasteiger partial charge on any atom is 0.236 e. The van der Waals surface area contributed by atoms with Crippen LogP contribution in [0, 0.1) is 6.92 Å². The smallest absolute Gasteiger partial charge is 0.236 e. The van der Waals surface area contributed by atoms with Crippen LogP contribution in [0.25, 0.3) is 0 Å². The molecule has 0 unspecified atom stereocenters. The van der Waals surface area contributed by atoms with E-state index in [1.165, 1.54) is 5.69 Å². The first kappa shape index (κ1) is 18.7. The fraction of sp³-hybridized carbons (Fsp3) is 0.476. The summed E-state index contributed by atoms with van der Waals surface area (Å²) in [4.78, 5) is 30.4. The molecule has 0 N–H and O–H groups in total. The van der Waals surface area contributed by atoms with Crippen molar-refractivity contribution in [1.82, 2.24) is 19.8 Å². The molecule has 0 atom stereocenters. The predicted octanol–water partition coefficient (Wildman–Crippen LogP) is 1.26. The minimum Gasteiger partial charge on any atom is -0.368 e. The van der Waals surface area contributed by atoms with E-state index in [-0.39, 0.29) is 5.91 Å². The molecular weight excluding hydrogens is 352 g/mol. The Balaban J connectivity index is 1.23. The number of para-hydroxylation sites is 1. The van der Waals surface area contributed by atoms with Crippen LogP contribution in [0.5, 0.6) is 0 Å². The van der Waals surface area contributed by atoms with Crippen molar-refractivity contribution < 1.29 is 4.79 Å². The summed E-state index contributed by atoms with van der Waals surface area (Å²) >= 11 is 0. The molecule has 0 aliphatic carbocycles. The van der Waals surface area contributed by atoms with Crippen molar-refractivity contribution in [1.29, 1.82) is 0 Å². The summed E-state index contributed by atoms with van der Waals surface area (Å²) in [5.41, 5.74) is 2.22. The Morgan fingerprint density at radius 1 is 0.893 bits per heavy atom. The van der Waals surface area contributed by atoms with Crippen LogP contribution in [0.3, 0.4) is 0 Å². The molecule has 1 aromatic carbocycles.